The summed E-state index contributed by atoms with van der Waals surface area (Å²) in [5.41, 5.74) is 0. The smallest absolute Gasteiger partial charge is 0.221 e. The molecule has 2 N–H and O–H groups in total. The quantitative estimate of drug-likeness (QED) is 0.728. The van der Waals surface area contributed by atoms with Gasteiger partial charge in [-0.1, -0.05) is 20.8 Å². The summed E-state index contributed by atoms with van der Waals surface area (Å²) in [4.78, 5) is 14.1. The monoisotopic (exact) mass is 241 g/mol. The highest BCUT2D eigenvalue weighted by Gasteiger charge is 2.19. The number of nitrogens with one attached hydrogen (secondary N) is 2. The highest BCUT2D eigenvalue weighted by molar-refractivity contribution is 5.76. The van der Waals surface area contributed by atoms with Gasteiger partial charge in [-0.3, -0.25) is 4.79 Å². The molecular weight excluding hydrogens is 214 g/mol. The number of hydrogen-bond donors (Lipinski definition) is 2. The van der Waals surface area contributed by atoms with Gasteiger partial charge in [0.1, 0.15) is 0 Å². The molecule has 1 amide bonds. The molecule has 1 saturated heterocycles. The van der Waals surface area contributed by atoms with Crippen LogP contribution in [0.1, 0.15) is 40.0 Å². The first-order valence-corrected chi connectivity index (χ1v) is 6.87. The van der Waals surface area contributed by atoms with Gasteiger partial charge in [0.2, 0.25) is 5.91 Å². The molecule has 0 aromatic carbocycles. The number of amides is 1. The fourth-order valence-corrected chi connectivity index (χ4v) is 2.23. The molecule has 1 atom stereocenters. The summed E-state index contributed by atoms with van der Waals surface area (Å²) < 4.78 is 0. The Balaban J connectivity index is 2.17. The minimum atomic E-state index is 0.182. The van der Waals surface area contributed by atoms with Crippen LogP contribution in [-0.4, -0.2) is 49.1 Å². The Hall–Kier alpha value is -0.610. The van der Waals surface area contributed by atoms with Crippen LogP contribution in [0.25, 0.3) is 0 Å². The second-order valence-corrected chi connectivity index (χ2v) is 5.16. The number of rotatable bonds is 6. The van der Waals surface area contributed by atoms with E-state index in [1.165, 1.54) is 13.0 Å². The third kappa shape index (κ3) is 6.03. The predicted molar refractivity (Wildman–Crippen MR) is 71.0 cm³/mol. The second kappa shape index (κ2) is 7.67. The average molecular weight is 241 g/mol. The van der Waals surface area contributed by atoms with Crippen molar-refractivity contribution in [3.8, 4) is 0 Å². The highest BCUT2D eigenvalue weighted by Crippen LogP contribution is 2.09. The molecule has 0 aromatic rings. The summed E-state index contributed by atoms with van der Waals surface area (Å²) in [5.74, 6) is 0.182. The summed E-state index contributed by atoms with van der Waals surface area (Å²) in [7, 11) is 0. The standard InChI is InChI=1S/C13H27N3O/c1-4-16-9-5-6-12(10-16)15-13(17)7-8-14-11(2)3/h11-12,14H,4-10H2,1-3H3,(H,15,17). The van der Waals surface area contributed by atoms with Gasteiger partial charge in [-0.2, -0.15) is 0 Å². The van der Waals surface area contributed by atoms with Crippen LogP contribution < -0.4 is 10.6 Å². The topological polar surface area (TPSA) is 44.4 Å². The highest BCUT2D eigenvalue weighted by atomic mass is 16.1. The van der Waals surface area contributed by atoms with E-state index in [0.717, 1.165) is 26.1 Å². The number of carbonyl (C=O) groups is 1. The summed E-state index contributed by atoms with van der Waals surface area (Å²) in [6.45, 7) is 10.4. The summed E-state index contributed by atoms with van der Waals surface area (Å²) >= 11 is 0. The molecule has 0 bridgehead atoms. The lowest BCUT2D eigenvalue weighted by Crippen LogP contribution is -2.48. The van der Waals surface area contributed by atoms with Gasteiger partial charge < -0.3 is 15.5 Å². The molecule has 4 heteroatoms. The van der Waals surface area contributed by atoms with Crippen molar-refractivity contribution in [2.24, 2.45) is 0 Å². The van der Waals surface area contributed by atoms with Crippen LogP contribution in [0.4, 0.5) is 0 Å². The van der Waals surface area contributed by atoms with Crippen molar-refractivity contribution in [3.05, 3.63) is 0 Å². The van der Waals surface area contributed by atoms with Gasteiger partial charge in [-0.05, 0) is 25.9 Å². The van der Waals surface area contributed by atoms with Crippen LogP contribution in [0.2, 0.25) is 0 Å². The Morgan fingerprint density at radius 3 is 2.88 bits per heavy atom. The van der Waals surface area contributed by atoms with E-state index in [1.807, 2.05) is 0 Å². The molecule has 17 heavy (non-hydrogen) atoms. The van der Waals surface area contributed by atoms with Gasteiger partial charge in [0.25, 0.3) is 0 Å². The van der Waals surface area contributed by atoms with Crippen LogP contribution in [0.15, 0.2) is 0 Å². The molecule has 1 heterocycles. The number of piperidine rings is 1. The molecule has 1 unspecified atom stereocenters. The molecule has 1 rings (SSSR count). The molecule has 0 aliphatic carbocycles. The lowest BCUT2D eigenvalue weighted by Gasteiger charge is -2.32. The Morgan fingerprint density at radius 2 is 2.24 bits per heavy atom. The van der Waals surface area contributed by atoms with E-state index in [0.29, 0.717) is 18.5 Å². The molecule has 100 valence electrons. The minimum Gasteiger partial charge on any atom is -0.352 e. The first-order valence-electron chi connectivity index (χ1n) is 6.87. The lowest BCUT2D eigenvalue weighted by atomic mass is 10.1. The van der Waals surface area contributed by atoms with E-state index in [-0.39, 0.29) is 5.91 Å². The van der Waals surface area contributed by atoms with Gasteiger partial charge in [-0.15, -0.1) is 0 Å². The Labute approximate surface area is 105 Å². The molecular formula is C13H27N3O. The summed E-state index contributed by atoms with van der Waals surface area (Å²) in [5, 5.41) is 6.40. The van der Waals surface area contributed by atoms with Gasteiger partial charge in [0.05, 0.1) is 0 Å². The van der Waals surface area contributed by atoms with Crippen LogP contribution in [-0.2, 0) is 4.79 Å². The summed E-state index contributed by atoms with van der Waals surface area (Å²) in [6, 6.07) is 0.809. The van der Waals surface area contributed by atoms with Crippen molar-refractivity contribution in [3.63, 3.8) is 0 Å². The number of likely N-dealkylation sites (tertiary alicyclic amines) is 1. The molecule has 0 spiro atoms. The zero-order valence-corrected chi connectivity index (χ0v) is 11.5. The number of likely N-dealkylation sites (N-methyl/N-ethyl adjacent to an activating group) is 1. The second-order valence-electron chi connectivity index (χ2n) is 5.16. The number of hydrogen-bond acceptors (Lipinski definition) is 3. The van der Waals surface area contributed by atoms with Crippen LogP contribution in [0, 0.1) is 0 Å². The van der Waals surface area contributed by atoms with E-state index in [9.17, 15) is 4.79 Å². The van der Waals surface area contributed by atoms with Gasteiger partial charge >= 0.3 is 0 Å². The molecule has 1 aliphatic heterocycles. The van der Waals surface area contributed by atoms with Crippen molar-refractivity contribution >= 4 is 5.91 Å². The average Bonchev–Trinajstić information content (AvgIpc) is 2.28. The first-order chi connectivity index (χ1) is 8.11. The third-order valence-corrected chi connectivity index (χ3v) is 3.22. The SMILES string of the molecule is CCN1CCCC(NC(=O)CCNC(C)C)C1. The van der Waals surface area contributed by atoms with Gasteiger partial charge in [0, 0.05) is 31.6 Å². The van der Waals surface area contributed by atoms with Crippen LogP contribution in [0.3, 0.4) is 0 Å². The molecule has 1 aliphatic rings. The largest absolute Gasteiger partial charge is 0.352 e. The van der Waals surface area contributed by atoms with E-state index in [2.05, 4.69) is 36.3 Å². The maximum atomic E-state index is 11.7. The molecule has 0 radical (unpaired) electrons. The van der Waals surface area contributed by atoms with Crippen molar-refractivity contribution in [2.45, 2.75) is 52.1 Å². The van der Waals surface area contributed by atoms with Crippen LogP contribution in [0.5, 0.6) is 0 Å². The normalized spacial score (nSPS) is 21.8. The first kappa shape index (κ1) is 14.5. The fraction of sp³-hybridized carbons (Fsp3) is 0.923. The van der Waals surface area contributed by atoms with Crippen molar-refractivity contribution < 1.29 is 4.79 Å². The molecule has 4 nitrogen and oxygen atoms in total. The van der Waals surface area contributed by atoms with E-state index < -0.39 is 0 Å². The van der Waals surface area contributed by atoms with Crippen molar-refractivity contribution in [2.75, 3.05) is 26.2 Å². The van der Waals surface area contributed by atoms with Crippen molar-refractivity contribution in [1.29, 1.82) is 0 Å². The minimum absolute atomic E-state index is 0.182. The Kier molecular flexibility index (Phi) is 6.52. The van der Waals surface area contributed by atoms with E-state index in [4.69, 9.17) is 0 Å². The van der Waals surface area contributed by atoms with Gasteiger partial charge in [-0.25, -0.2) is 0 Å². The number of carbonyl (C=O) groups excluding carboxylic acids is 1. The number of nitrogens with zero attached hydrogens (tertiary/aromatic N) is 1. The maximum Gasteiger partial charge on any atom is 0.221 e. The molecule has 1 fully saturated rings. The molecule has 0 saturated carbocycles. The van der Waals surface area contributed by atoms with E-state index in [1.54, 1.807) is 0 Å². The molecule has 0 aromatic heterocycles. The van der Waals surface area contributed by atoms with Crippen molar-refractivity contribution in [1.82, 2.24) is 15.5 Å². The Bertz CT molecular complexity index is 231. The lowest BCUT2D eigenvalue weighted by molar-refractivity contribution is -0.122. The zero-order chi connectivity index (χ0) is 12.7. The fourth-order valence-electron chi connectivity index (χ4n) is 2.23. The van der Waals surface area contributed by atoms with Crippen LogP contribution >= 0.6 is 0 Å². The predicted octanol–water partition coefficient (Wildman–Crippen LogP) is 0.975. The van der Waals surface area contributed by atoms with Gasteiger partial charge in [0.15, 0.2) is 0 Å². The Morgan fingerprint density at radius 1 is 1.47 bits per heavy atom. The third-order valence-electron chi connectivity index (χ3n) is 3.22. The van der Waals surface area contributed by atoms with E-state index >= 15 is 0 Å². The summed E-state index contributed by atoms with van der Waals surface area (Å²) in [6.07, 6.45) is 2.91. The zero-order valence-electron chi connectivity index (χ0n) is 11.5. The maximum absolute atomic E-state index is 11.7.